The van der Waals surface area contributed by atoms with Crippen LogP contribution in [-0.4, -0.2) is 29.3 Å². The summed E-state index contributed by atoms with van der Waals surface area (Å²) < 4.78 is 2.06. The minimum Gasteiger partial charge on any atom is -0.284 e. The van der Waals surface area contributed by atoms with E-state index >= 15 is 0 Å². The van der Waals surface area contributed by atoms with Crippen LogP contribution in [0.25, 0.3) is 127 Å². The van der Waals surface area contributed by atoms with Gasteiger partial charge in [-0.25, -0.2) is 24.9 Å². The Balaban J connectivity index is 0.973. The summed E-state index contributed by atoms with van der Waals surface area (Å²) in [5.74, 6) is 1.87. The summed E-state index contributed by atoms with van der Waals surface area (Å²) >= 11 is 0. The lowest BCUT2D eigenvalue weighted by Gasteiger charge is -2.14. The number of imidazole rings is 1. The van der Waals surface area contributed by atoms with Gasteiger partial charge in [0.2, 0.25) is 0 Å². The van der Waals surface area contributed by atoms with E-state index in [1.165, 1.54) is 10.8 Å². The van der Waals surface area contributed by atoms with Crippen molar-refractivity contribution in [2.24, 2.45) is 0 Å². The van der Waals surface area contributed by atoms with Gasteiger partial charge in [-0.05, 0) is 84.5 Å². The molecule has 0 bridgehead atoms. The molecule has 292 valence electrons. The highest BCUT2D eigenvalue weighted by molar-refractivity contribution is 6.15. The molecule has 9 aromatic carbocycles. The molecule has 6 heteroatoms. The first-order valence-corrected chi connectivity index (χ1v) is 21.2. The highest BCUT2D eigenvalue weighted by Gasteiger charge is 2.19. The highest BCUT2D eigenvalue weighted by atomic mass is 15.1. The van der Waals surface area contributed by atoms with Gasteiger partial charge in [-0.15, -0.1) is 0 Å². The zero-order chi connectivity index (χ0) is 41.4. The maximum atomic E-state index is 5.35. The lowest BCUT2D eigenvalue weighted by Crippen LogP contribution is -2.01. The molecule has 6 nitrogen and oxygen atoms in total. The number of hydrogen-bond acceptors (Lipinski definition) is 5. The molecule has 13 rings (SSSR count). The second-order valence-electron chi connectivity index (χ2n) is 16.1. The van der Waals surface area contributed by atoms with Crippen molar-refractivity contribution >= 4 is 70.7 Å². The van der Waals surface area contributed by atoms with Crippen molar-refractivity contribution in [3.05, 3.63) is 206 Å². The first kappa shape index (κ1) is 35.2. The van der Waals surface area contributed by atoms with Crippen LogP contribution >= 0.6 is 0 Å². The molecule has 0 atom stereocenters. The van der Waals surface area contributed by atoms with Crippen molar-refractivity contribution in [3.63, 3.8) is 0 Å². The largest absolute Gasteiger partial charge is 0.284 e. The second kappa shape index (κ2) is 14.0. The molecule has 0 aliphatic rings. The number of hydrogen-bond donors (Lipinski definition) is 0. The Bertz CT molecular complexity index is 3840. The molecule has 0 saturated carbocycles. The van der Waals surface area contributed by atoms with E-state index in [9.17, 15) is 0 Å². The van der Waals surface area contributed by atoms with Gasteiger partial charge >= 0.3 is 0 Å². The van der Waals surface area contributed by atoms with Gasteiger partial charge in [0.15, 0.2) is 23.1 Å². The van der Waals surface area contributed by atoms with Crippen LogP contribution in [0.5, 0.6) is 0 Å². The Labute approximate surface area is 361 Å². The molecule has 0 spiro atoms. The molecule has 63 heavy (non-hydrogen) atoms. The van der Waals surface area contributed by atoms with E-state index in [1.54, 1.807) is 0 Å². The van der Waals surface area contributed by atoms with Gasteiger partial charge in [-0.1, -0.05) is 170 Å². The van der Waals surface area contributed by atoms with Gasteiger partial charge < -0.3 is 0 Å². The van der Waals surface area contributed by atoms with Crippen LogP contribution in [0, 0.1) is 0 Å². The SMILES string of the molecule is c1cc(-c2ccc(-c3nc4c(nc5ccccn54)c4ccccc34)cc2)cc(-c2nc(-c3cc4ccccc4c4ccccc34)nc(-c3cc4ccccc4c4ccccc34)n2)c1. The topological polar surface area (TPSA) is 68.9 Å². The van der Waals surface area contributed by atoms with E-state index in [-0.39, 0.29) is 0 Å². The first-order valence-electron chi connectivity index (χ1n) is 21.2. The molecule has 0 radical (unpaired) electrons. The van der Waals surface area contributed by atoms with Gasteiger partial charge in [0.05, 0.1) is 5.69 Å². The lowest BCUT2D eigenvalue weighted by molar-refractivity contribution is 1.08. The zero-order valence-electron chi connectivity index (χ0n) is 33.8. The minimum atomic E-state index is 0.611. The maximum absolute atomic E-state index is 5.35. The van der Waals surface area contributed by atoms with E-state index in [0.29, 0.717) is 17.5 Å². The lowest BCUT2D eigenvalue weighted by atomic mass is 9.96. The van der Waals surface area contributed by atoms with E-state index < -0.39 is 0 Å². The smallest absolute Gasteiger partial charge is 0.165 e. The molecule has 0 fully saturated rings. The van der Waals surface area contributed by atoms with E-state index in [0.717, 1.165) is 99.0 Å². The fourth-order valence-corrected chi connectivity index (χ4v) is 9.44. The third-order valence-electron chi connectivity index (χ3n) is 12.4. The summed E-state index contributed by atoms with van der Waals surface area (Å²) in [7, 11) is 0. The quantitative estimate of drug-likeness (QED) is 0.162. The van der Waals surface area contributed by atoms with Crippen LogP contribution in [0.15, 0.2) is 206 Å². The van der Waals surface area contributed by atoms with Gasteiger partial charge in [-0.2, -0.15) is 0 Å². The summed E-state index contributed by atoms with van der Waals surface area (Å²) in [6, 6.07) is 70.3. The average molecular weight is 803 g/mol. The Morgan fingerprint density at radius 1 is 0.302 bits per heavy atom. The Morgan fingerprint density at radius 2 is 0.810 bits per heavy atom. The molecule has 4 aromatic heterocycles. The number of pyridine rings is 2. The number of fused-ring (bicyclic) bond motifs is 11. The molecule has 0 N–H and O–H groups in total. The van der Waals surface area contributed by atoms with Gasteiger partial charge in [-0.3, -0.25) is 4.40 Å². The highest BCUT2D eigenvalue weighted by Crippen LogP contribution is 2.39. The summed E-state index contributed by atoms with van der Waals surface area (Å²) in [5.41, 5.74) is 9.58. The van der Waals surface area contributed by atoms with Crippen LogP contribution in [0.2, 0.25) is 0 Å². The molecular weight excluding hydrogens is 769 g/mol. The summed E-state index contributed by atoms with van der Waals surface area (Å²) in [4.78, 5) is 26.2. The monoisotopic (exact) mass is 802 g/mol. The van der Waals surface area contributed by atoms with Crippen LogP contribution in [0.1, 0.15) is 0 Å². The normalized spacial score (nSPS) is 11.8. The molecular formula is C57H34N6. The average Bonchev–Trinajstić information content (AvgIpc) is 3.74. The van der Waals surface area contributed by atoms with Gasteiger partial charge in [0, 0.05) is 39.2 Å². The number of nitrogens with zero attached hydrogens (tertiary/aromatic N) is 6. The molecule has 4 heterocycles. The predicted molar refractivity (Wildman–Crippen MR) is 259 cm³/mol. The maximum Gasteiger partial charge on any atom is 0.165 e. The van der Waals surface area contributed by atoms with Gasteiger partial charge in [0.1, 0.15) is 11.2 Å². The molecule has 0 aliphatic heterocycles. The van der Waals surface area contributed by atoms with Crippen molar-refractivity contribution in [2.45, 2.75) is 0 Å². The molecule has 0 aliphatic carbocycles. The van der Waals surface area contributed by atoms with E-state index in [1.807, 2.05) is 24.4 Å². The summed E-state index contributed by atoms with van der Waals surface area (Å²) in [5, 5.41) is 11.4. The molecule has 13 aromatic rings. The summed E-state index contributed by atoms with van der Waals surface area (Å²) in [6.07, 6.45) is 2.03. The van der Waals surface area contributed by atoms with Gasteiger partial charge in [0.25, 0.3) is 0 Å². The third kappa shape index (κ3) is 5.69. The molecule has 0 saturated heterocycles. The number of benzene rings is 9. The van der Waals surface area contributed by atoms with Crippen molar-refractivity contribution in [2.75, 3.05) is 0 Å². The number of aromatic nitrogens is 6. The van der Waals surface area contributed by atoms with Crippen molar-refractivity contribution in [1.29, 1.82) is 0 Å². The second-order valence-corrected chi connectivity index (χ2v) is 16.1. The van der Waals surface area contributed by atoms with Crippen molar-refractivity contribution in [3.8, 4) is 56.5 Å². The van der Waals surface area contributed by atoms with E-state index in [4.69, 9.17) is 24.9 Å². The van der Waals surface area contributed by atoms with E-state index in [2.05, 4.69) is 186 Å². The Hall–Kier alpha value is -8.61. The first-order chi connectivity index (χ1) is 31.2. The molecule has 0 amide bonds. The van der Waals surface area contributed by atoms with Crippen LogP contribution in [0.3, 0.4) is 0 Å². The predicted octanol–water partition coefficient (Wildman–Crippen LogP) is 14.2. The van der Waals surface area contributed by atoms with Crippen molar-refractivity contribution in [1.82, 2.24) is 29.3 Å². The summed E-state index contributed by atoms with van der Waals surface area (Å²) in [6.45, 7) is 0. The van der Waals surface area contributed by atoms with Crippen LogP contribution in [0.4, 0.5) is 0 Å². The zero-order valence-corrected chi connectivity index (χ0v) is 33.8. The Kier molecular flexibility index (Phi) is 7.80. The van der Waals surface area contributed by atoms with Crippen LogP contribution < -0.4 is 0 Å². The Morgan fingerprint density at radius 3 is 1.46 bits per heavy atom. The number of rotatable bonds is 5. The minimum absolute atomic E-state index is 0.611. The standard InChI is InChI=1S/C57H34N6/c1-3-18-41-38(14-1)33-49(45-22-7-5-20-43(41)45)55-60-54(61-56(62-55)50-34-39-15-2-4-19-42(39)44-21-6-8-23-46(44)50)40-17-13-16-37(32-40)35-27-29-36(30-28-35)52-47-24-9-10-25-48(47)53-57(59-52)63-31-12-11-26-51(63)58-53/h1-34H. The molecule has 0 unspecified atom stereocenters. The fraction of sp³-hybridized carbons (Fsp3) is 0. The third-order valence-corrected chi connectivity index (χ3v) is 12.4. The van der Waals surface area contributed by atoms with Crippen molar-refractivity contribution < 1.29 is 0 Å². The van der Waals surface area contributed by atoms with Crippen LogP contribution in [-0.2, 0) is 0 Å². The fourth-order valence-electron chi connectivity index (χ4n) is 9.44.